The smallest absolute Gasteiger partial charge is 0.407 e. The number of methoxy groups -OCH3 is 1. The number of hydrogen-bond acceptors (Lipinski definition) is 4. The van der Waals surface area contributed by atoms with Gasteiger partial charge in [0.2, 0.25) is 0 Å². The van der Waals surface area contributed by atoms with E-state index in [1.165, 1.54) is 18.1 Å². The number of halogens is 1. The number of benzene rings is 1. The van der Waals surface area contributed by atoms with E-state index in [-0.39, 0.29) is 17.2 Å². The van der Waals surface area contributed by atoms with Crippen molar-refractivity contribution < 1.29 is 23.6 Å². The molecule has 1 aliphatic heterocycles. The summed E-state index contributed by atoms with van der Waals surface area (Å²) in [7, 11) is 1.44. The monoisotopic (exact) mass is 398 g/mol. The van der Waals surface area contributed by atoms with Crippen molar-refractivity contribution in [3.05, 3.63) is 29.1 Å². The maximum atomic E-state index is 14.4. The summed E-state index contributed by atoms with van der Waals surface area (Å²) in [6.07, 6.45) is 1.04. The van der Waals surface area contributed by atoms with Gasteiger partial charge in [-0.1, -0.05) is 0 Å². The topological polar surface area (TPSA) is 84.9 Å². The van der Waals surface area contributed by atoms with Crippen molar-refractivity contribution in [1.82, 2.24) is 9.62 Å². The molecule has 0 saturated carbocycles. The third kappa shape index (κ3) is 3.75. The number of ether oxygens (including phenoxy) is 1. The van der Waals surface area contributed by atoms with Crippen LogP contribution in [0, 0.1) is 11.2 Å². The zero-order valence-electron chi connectivity index (χ0n) is 16.2. The molecule has 1 spiro atoms. The second-order valence-corrected chi connectivity index (χ2v) is 10.4. The number of rotatable bonds is 3. The van der Waals surface area contributed by atoms with E-state index in [1.807, 2.05) is 20.8 Å². The van der Waals surface area contributed by atoms with Crippen LogP contribution in [0.4, 0.5) is 9.18 Å². The summed E-state index contributed by atoms with van der Waals surface area (Å²) in [6, 6.07) is 2.91. The second kappa shape index (κ2) is 7.14. The van der Waals surface area contributed by atoms with Crippen molar-refractivity contribution in [2.45, 2.75) is 50.8 Å². The largest absolute Gasteiger partial charge is 0.598 e. The molecule has 0 radical (unpaired) electrons. The van der Waals surface area contributed by atoms with Gasteiger partial charge in [-0.15, -0.1) is 4.72 Å². The molecule has 0 bridgehead atoms. The highest BCUT2D eigenvalue weighted by molar-refractivity contribution is 7.90. The molecule has 27 heavy (non-hydrogen) atoms. The van der Waals surface area contributed by atoms with Gasteiger partial charge in [-0.25, -0.2) is 9.18 Å². The minimum Gasteiger partial charge on any atom is -0.598 e. The molecule has 1 amide bonds. The zero-order chi connectivity index (χ0) is 20.0. The van der Waals surface area contributed by atoms with Gasteiger partial charge in [0.25, 0.3) is 0 Å². The molecule has 1 heterocycles. The van der Waals surface area contributed by atoms with Crippen molar-refractivity contribution in [3.8, 4) is 5.75 Å². The van der Waals surface area contributed by atoms with Crippen LogP contribution in [0.5, 0.6) is 5.75 Å². The number of likely N-dealkylation sites (tertiary alicyclic amines) is 1. The zero-order valence-corrected chi connectivity index (χ0v) is 17.0. The van der Waals surface area contributed by atoms with E-state index in [0.717, 1.165) is 11.1 Å². The van der Waals surface area contributed by atoms with E-state index < -0.39 is 28.0 Å². The maximum absolute atomic E-state index is 14.4. The van der Waals surface area contributed by atoms with E-state index in [0.29, 0.717) is 32.4 Å². The molecule has 3 rings (SSSR count). The van der Waals surface area contributed by atoms with Crippen LogP contribution >= 0.6 is 0 Å². The summed E-state index contributed by atoms with van der Waals surface area (Å²) in [4.78, 5) is 12.7. The predicted octanol–water partition coefficient (Wildman–Crippen LogP) is 3.24. The fourth-order valence-corrected chi connectivity index (χ4v) is 5.03. The van der Waals surface area contributed by atoms with Gasteiger partial charge in [0.15, 0.2) is 11.6 Å². The van der Waals surface area contributed by atoms with E-state index in [2.05, 4.69) is 4.72 Å². The van der Waals surface area contributed by atoms with Gasteiger partial charge < -0.3 is 19.3 Å². The molecule has 150 valence electrons. The molecule has 1 saturated heterocycles. The van der Waals surface area contributed by atoms with Crippen molar-refractivity contribution in [1.29, 1.82) is 0 Å². The van der Waals surface area contributed by atoms with Crippen LogP contribution < -0.4 is 9.46 Å². The fourth-order valence-electron chi connectivity index (χ4n) is 4.08. The highest BCUT2D eigenvalue weighted by Gasteiger charge is 2.51. The summed E-state index contributed by atoms with van der Waals surface area (Å²) in [5.74, 6) is -0.242. The van der Waals surface area contributed by atoms with Crippen LogP contribution in [0.3, 0.4) is 0 Å². The lowest BCUT2D eigenvalue weighted by Gasteiger charge is -2.43. The number of carbonyl (C=O) groups is 1. The summed E-state index contributed by atoms with van der Waals surface area (Å²) in [5.41, 5.74) is 1.49. The van der Waals surface area contributed by atoms with Crippen LogP contribution in [0.2, 0.25) is 0 Å². The van der Waals surface area contributed by atoms with E-state index >= 15 is 0 Å². The lowest BCUT2D eigenvalue weighted by molar-refractivity contribution is 0.0764. The minimum atomic E-state index is -1.33. The molecule has 1 fully saturated rings. The Labute approximate surface area is 162 Å². The van der Waals surface area contributed by atoms with Crippen LogP contribution in [-0.2, 0) is 17.8 Å². The van der Waals surface area contributed by atoms with Gasteiger partial charge in [-0.3, -0.25) is 0 Å². The number of nitrogens with zero attached hydrogens (tertiary/aromatic N) is 1. The highest BCUT2D eigenvalue weighted by Crippen LogP contribution is 2.53. The van der Waals surface area contributed by atoms with E-state index in [4.69, 9.17) is 4.74 Å². The number of hydrogen-bond donors (Lipinski definition) is 2. The SMILES string of the molecule is COc1cc2c(cc1F)[C@@H](N[S@+]([O-])C(C)(C)C)C1(CCN(C(=O)O)CC1)C2. The van der Waals surface area contributed by atoms with Gasteiger partial charge in [-0.05, 0) is 63.3 Å². The van der Waals surface area contributed by atoms with Gasteiger partial charge in [-0.2, -0.15) is 0 Å². The number of nitrogens with one attached hydrogen (secondary N) is 1. The average molecular weight is 399 g/mol. The third-order valence-corrected chi connectivity index (χ3v) is 7.25. The maximum Gasteiger partial charge on any atom is 0.407 e. The number of amides is 1. The van der Waals surface area contributed by atoms with E-state index in [1.54, 1.807) is 6.07 Å². The lowest BCUT2D eigenvalue weighted by atomic mass is 9.73. The Morgan fingerprint density at radius 1 is 1.41 bits per heavy atom. The second-order valence-electron chi connectivity index (χ2n) is 8.43. The van der Waals surface area contributed by atoms with Gasteiger partial charge in [0.05, 0.1) is 13.2 Å². The first-order chi connectivity index (χ1) is 12.6. The highest BCUT2D eigenvalue weighted by atomic mass is 32.2. The summed E-state index contributed by atoms with van der Waals surface area (Å²) in [5, 5.41) is 9.26. The Kier molecular flexibility index (Phi) is 5.35. The Bertz CT molecular complexity index is 729. The first-order valence-electron chi connectivity index (χ1n) is 9.10. The minimum absolute atomic E-state index is 0.199. The molecule has 6 nitrogen and oxygen atoms in total. The molecule has 1 aliphatic carbocycles. The van der Waals surface area contributed by atoms with E-state index in [9.17, 15) is 18.8 Å². The first-order valence-corrected chi connectivity index (χ1v) is 10.2. The fraction of sp³-hybridized carbons (Fsp3) is 0.632. The molecular formula is C19H27FN2O4S. The van der Waals surface area contributed by atoms with Crippen molar-refractivity contribution in [2.75, 3.05) is 20.2 Å². The Morgan fingerprint density at radius 2 is 2.04 bits per heavy atom. The molecule has 1 aromatic rings. The lowest BCUT2D eigenvalue weighted by Crippen LogP contribution is -2.50. The Balaban J connectivity index is 1.96. The molecule has 2 N–H and O–H groups in total. The molecular weight excluding hydrogens is 371 g/mol. The molecule has 0 aromatic heterocycles. The van der Waals surface area contributed by atoms with Crippen molar-refractivity contribution >= 4 is 17.5 Å². The average Bonchev–Trinajstić information content (AvgIpc) is 2.86. The van der Waals surface area contributed by atoms with Crippen LogP contribution in [0.25, 0.3) is 0 Å². The summed E-state index contributed by atoms with van der Waals surface area (Å²) in [6.45, 7) is 6.51. The third-order valence-electron chi connectivity index (χ3n) is 5.69. The first kappa shape index (κ1) is 20.2. The van der Waals surface area contributed by atoms with Crippen molar-refractivity contribution in [2.24, 2.45) is 5.41 Å². The number of carboxylic acid groups (broad SMARTS) is 1. The predicted molar refractivity (Wildman–Crippen MR) is 102 cm³/mol. The molecule has 1 aromatic carbocycles. The Morgan fingerprint density at radius 3 is 2.56 bits per heavy atom. The van der Waals surface area contributed by atoms with Gasteiger partial charge in [0.1, 0.15) is 4.75 Å². The van der Waals surface area contributed by atoms with Crippen molar-refractivity contribution in [3.63, 3.8) is 0 Å². The van der Waals surface area contributed by atoms with Gasteiger partial charge in [0, 0.05) is 29.9 Å². The van der Waals surface area contributed by atoms with Crippen LogP contribution in [-0.4, -0.2) is 45.6 Å². The quantitative estimate of drug-likeness (QED) is 0.764. The molecule has 0 unspecified atom stereocenters. The summed E-state index contributed by atoms with van der Waals surface area (Å²) < 4.78 is 35.1. The molecule has 2 atom stereocenters. The number of piperidine rings is 1. The molecule has 8 heteroatoms. The summed E-state index contributed by atoms with van der Waals surface area (Å²) >= 11 is -1.33. The van der Waals surface area contributed by atoms with Crippen LogP contribution in [0.1, 0.15) is 50.8 Å². The van der Waals surface area contributed by atoms with Gasteiger partial charge >= 0.3 is 6.09 Å². The normalized spacial score (nSPS) is 22.6. The number of fused-ring (bicyclic) bond motifs is 1. The van der Waals surface area contributed by atoms with Crippen LogP contribution in [0.15, 0.2) is 12.1 Å². The Hall–Kier alpha value is -1.51. The standard InChI is InChI=1S/C19H27FN2O4S/c1-18(2,3)27(25)21-16-13-10-14(20)15(26-4)9-12(13)11-19(16)5-7-22(8-6-19)17(23)24/h9-10,16,21H,5-8,11H2,1-4H3,(H,23,24)/t16-,27-/m1/s1. The molecule has 2 aliphatic rings.